The van der Waals surface area contributed by atoms with Gasteiger partial charge in [-0.2, -0.15) is 0 Å². The van der Waals surface area contributed by atoms with E-state index in [1.807, 2.05) is 20.8 Å². The largest absolute Gasteiger partial charge is 0.444 e. The zero-order chi connectivity index (χ0) is 13.1. The number of rotatable bonds is 4. The van der Waals surface area contributed by atoms with Crippen molar-refractivity contribution in [2.24, 2.45) is 11.3 Å². The topological polar surface area (TPSA) is 50.4 Å². The molecule has 0 bridgehead atoms. The van der Waals surface area contributed by atoms with Crippen LogP contribution in [-0.4, -0.2) is 31.3 Å². The van der Waals surface area contributed by atoms with Crippen molar-refractivity contribution in [1.29, 1.82) is 0 Å². The molecule has 0 aromatic carbocycles. The van der Waals surface area contributed by atoms with Gasteiger partial charge in [-0.25, -0.2) is 4.79 Å². The highest BCUT2D eigenvalue weighted by Crippen LogP contribution is 2.26. The third kappa shape index (κ3) is 7.07. The van der Waals surface area contributed by atoms with E-state index in [0.717, 1.165) is 25.4 Å². The Labute approximate surface area is 117 Å². The molecule has 108 valence electrons. The van der Waals surface area contributed by atoms with Crippen LogP contribution in [0.25, 0.3) is 0 Å². The molecule has 0 radical (unpaired) electrons. The number of hydrogen-bond acceptors (Lipinski definition) is 3. The molecule has 0 spiro atoms. The summed E-state index contributed by atoms with van der Waals surface area (Å²) in [5, 5.41) is 6.12. The molecule has 2 N–H and O–H groups in total. The van der Waals surface area contributed by atoms with Crippen molar-refractivity contribution in [3.8, 4) is 0 Å². The second-order valence-electron chi connectivity index (χ2n) is 6.75. The van der Waals surface area contributed by atoms with Crippen molar-refractivity contribution >= 4 is 18.5 Å². The molecule has 0 aromatic heterocycles. The molecule has 1 fully saturated rings. The second-order valence-corrected chi connectivity index (χ2v) is 6.75. The minimum absolute atomic E-state index is 0. The molecular weight excluding hydrogens is 252 g/mol. The number of halogens is 1. The maximum atomic E-state index is 11.5. The summed E-state index contributed by atoms with van der Waals surface area (Å²) in [4.78, 5) is 11.5. The van der Waals surface area contributed by atoms with Gasteiger partial charge in [-0.1, -0.05) is 13.8 Å². The molecule has 0 aromatic rings. The van der Waals surface area contributed by atoms with Gasteiger partial charge in [-0.3, -0.25) is 0 Å². The molecule has 18 heavy (non-hydrogen) atoms. The number of alkyl carbamates (subject to hydrolysis) is 1. The van der Waals surface area contributed by atoms with E-state index in [1.54, 1.807) is 0 Å². The molecule has 5 heteroatoms. The molecule has 0 saturated carbocycles. The van der Waals surface area contributed by atoms with Gasteiger partial charge < -0.3 is 15.4 Å². The van der Waals surface area contributed by atoms with Crippen molar-refractivity contribution in [3.63, 3.8) is 0 Å². The van der Waals surface area contributed by atoms with Crippen LogP contribution in [0, 0.1) is 11.3 Å². The Kier molecular flexibility index (Phi) is 6.44. The Morgan fingerprint density at radius 3 is 2.22 bits per heavy atom. The SMILES string of the molecule is CC(C)(CNC(=O)OC(C)(C)C)CC1CNC1.Cl. The van der Waals surface area contributed by atoms with Gasteiger partial charge >= 0.3 is 6.09 Å². The van der Waals surface area contributed by atoms with E-state index in [1.165, 1.54) is 0 Å². The first-order valence-electron chi connectivity index (χ1n) is 6.35. The first-order chi connectivity index (χ1) is 7.68. The van der Waals surface area contributed by atoms with Crippen LogP contribution in [0.5, 0.6) is 0 Å². The van der Waals surface area contributed by atoms with Crippen LogP contribution in [0.15, 0.2) is 0 Å². The van der Waals surface area contributed by atoms with Gasteiger partial charge in [0.1, 0.15) is 5.60 Å². The Morgan fingerprint density at radius 2 is 1.83 bits per heavy atom. The van der Waals surface area contributed by atoms with E-state index >= 15 is 0 Å². The normalized spacial score (nSPS) is 16.5. The predicted octanol–water partition coefficient (Wildman–Crippen LogP) is 2.57. The minimum atomic E-state index is -0.424. The summed E-state index contributed by atoms with van der Waals surface area (Å²) < 4.78 is 5.22. The van der Waals surface area contributed by atoms with Gasteiger partial charge in [0.05, 0.1) is 0 Å². The van der Waals surface area contributed by atoms with E-state index in [2.05, 4.69) is 24.5 Å². The van der Waals surface area contributed by atoms with E-state index < -0.39 is 5.60 Å². The molecule has 4 nitrogen and oxygen atoms in total. The first kappa shape index (κ1) is 17.5. The maximum absolute atomic E-state index is 11.5. The van der Waals surface area contributed by atoms with Crippen LogP contribution in [-0.2, 0) is 4.74 Å². The van der Waals surface area contributed by atoms with E-state index in [0.29, 0.717) is 6.54 Å². The molecule has 1 rings (SSSR count). The fraction of sp³-hybridized carbons (Fsp3) is 0.923. The summed E-state index contributed by atoms with van der Waals surface area (Å²) in [6.07, 6.45) is 0.813. The lowest BCUT2D eigenvalue weighted by Gasteiger charge is -2.35. The smallest absolute Gasteiger partial charge is 0.407 e. The third-order valence-electron chi connectivity index (χ3n) is 2.82. The van der Waals surface area contributed by atoms with Gasteiger partial charge in [0.2, 0.25) is 0 Å². The molecule has 1 aliphatic heterocycles. The lowest BCUT2D eigenvalue weighted by molar-refractivity contribution is 0.0497. The van der Waals surface area contributed by atoms with E-state index in [9.17, 15) is 4.79 Å². The fourth-order valence-electron chi connectivity index (χ4n) is 1.97. The average molecular weight is 279 g/mol. The van der Waals surface area contributed by atoms with Gasteiger partial charge in [-0.15, -0.1) is 12.4 Å². The summed E-state index contributed by atoms with van der Waals surface area (Å²) in [5.41, 5.74) is -0.296. The monoisotopic (exact) mass is 278 g/mol. The number of ether oxygens (including phenoxy) is 1. The average Bonchev–Trinajstić information content (AvgIpc) is 2.06. The molecule has 1 aliphatic rings. The summed E-state index contributed by atoms with van der Waals surface area (Å²) in [5.74, 6) is 0.755. The second kappa shape index (κ2) is 6.62. The minimum Gasteiger partial charge on any atom is -0.444 e. The summed E-state index contributed by atoms with van der Waals surface area (Å²) in [6.45, 7) is 12.9. The number of amides is 1. The van der Waals surface area contributed by atoms with E-state index in [-0.39, 0.29) is 23.9 Å². The highest BCUT2D eigenvalue weighted by molar-refractivity contribution is 5.85. The molecule has 0 aliphatic carbocycles. The van der Waals surface area contributed by atoms with Crippen LogP contribution < -0.4 is 10.6 Å². The van der Waals surface area contributed by atoms with Crippen molar-refractivity contribution in [2.45, 2.75) is 46.6 Å². The third-order valence-corrected chi connectivity index (χ3v) is 2.82. The summed E-state index contributed by atoms with van der Waals surface area (Å²) in [7, 11) is 0. The Balaban J connectivity index is 0.00000289. The van der Waals surface area contributed by atoms with Crippen molar-refractivity contribution in [1.82, 2.24) is 10.6 Å². The van der Waals surface area contributed by atoms with E-state index in [4.69, 9.17) is 4.74 Å². The Hall–Kier alpha value is -0.480. The molecule has 0 atom stereocenters. The van der Waals surface area contributed by atoms with Gasteiger partial charge in [0.15, 0.2) is 0 Å². The standard InChI is InChI=1S/C13H26N2O2.ClH/c1-12(2,3)17-11(16)15-9-13(4,5)6-10-7-14-8-10;/h10,14H,6-9H2,1-5H3,(H,15,16);1H. The van der Waals surface area contributed by atoms with Crippen molar-refractivity contribution < 1.29 is 9.53 Å². The van der Waals surface area contributed by atoms with Crippen molar-refractivity contribution in [3.05, 3.63) is 0 Å². The molecule has 0 unspecified atom stereocenters. The maximum Gasteiger partial charge on any atom is 0.407 e. The van der Waals surface area contributed by atoms with Crippen LogP contribution in [0.3, 0.4) is 0 Å². The van der Waals surface area contributed by atoms with Crippen LogP contribution in [0.1, 0.15) is 41.0 Å². The van der Waals surface area contributed by atoms with Gasteiger partial charge in [0.25, 0.3) is 0 Å². The number of carbonyl (C=O) groups excluding carboxylic acids is 1. The summed E-state index contributed by atoms with van der Waals surface area (Å²) >= 11 is 0. The Morgan fingerprint density at radius 1 is 1.28 bits per heavy atom. The summed E-state index contributed by atoms with van der Waals surface area (Å²) in [6, 6.07) is 0. The lowest BCUT2D eigenvalue weighted by atomic mass is 9.80. The highest BCUT2D eigenvalue weighted by Gasteiger charge is 2.28. The highest BCUT2D eigenvalue weighted by atomic mass is 35.5. The molecule has 1 heterocycles. The molecule has 1 amide bonds. The Bertz CT molecular complexity index is 271. The zero-order valence-corrected chi connectivity index (χ0v) is 12.9. The van der Waals surface area contributed by atoms with Crippen LogP contribution >= 0.6 is 12.4 Å². The predicted molar refractivity (Wildman–Crippen MR) is 76.2 cm³/mol. The van der Waals surface area contributed by atoms with Crippen LogP contribution in [0.2, 0.25) is 0 Å². The molecule has 1 saturated heterocycles. The fourth-order valence-corrected chi connectivity index (χ4v) is 1.97. The number of nitrogens with one attached hydrogen (secondary N) is 2. The van der Waals surface area contributed by atoms with Gasteiger partial charge in [0, 0.05) is 6.54 Å². The van der Waals surface area contributed by atoms with Gasteiger partial charge in [-0.05, 0) is 51.6 Å². The zero-order valence-electron chi connectivity index (χ0n) is 12.1. The van der Waals surface area contributed by atoms with Crippen molar-refractivity contribution in [2.75, 3.05) is 19.6 Å². The number of hydrogen-bond donors (Lipinski definition) is 2. The molecular formula is C13H27ClN2O2. The lowest BCUT2D eigenvalue weighted by Crippen LogP contribution is -2.46. The van der Waals surface area contributed by atoms with Crippen LogP contribution in [0.4, 0.5) is 4.79 Å². The quantitative estimate of drug-likeness (QED) is 0.831. The first-order valence-corrected chi connectivity index (χ1v) is 6.35. The number of carbonyl (C=O) groups is 1.